The minimum atomic E-state index is -4.40. The van der Waals surface area contributed by atoms with E-state index in [1.54, 1.807) is 0 Å². The van der Waals surface area contributed by atoms with Crippen LogP contribution in [0.3, 0.4) is 0 Å². The fourth-order valence-electron chi connectivity index (χ4n) is 1.30. The molecule has 1 rings (SSSR count). The second-order valence-corrected chi connectivity index (χ2v) is 3.23. The van der Waals surface area contributed by atoms with Crippen LogP contribution in [0.1, 0.15) is 11.1 Å². The average Bonchev–Trinajstić information content (AvgIpc) is 2.15. The Bertz CT molecular complexity index is 402. The largest absolute Gasteiger partial charge is 0.496 e. The van der Waals surface area contributed by atoms with Crippen molar-refractivity contribution in [3.63, 3.8) is 0 Å². The molecule has 0 atom stereocenters. The summed E-state index contributed by atoms with van der Waals surface area (Å²) in [5.41, 5.74) is 4.63. The average molecular weight is 232 g/mol. The van der Waals surface area contributed by atoms with Crippen molar-refractivity contribution in [2.75, 3.05) is 7.11 Å². The summed E-state index contributed by atoms with van der Waals surface area (Å²) >= 11 is 0. The Balaban J connectivity index is 3.16. The first-order valence-corrected chi connectivity index (χ1v) is 4.41. The lowest BCUT2D eigenvalue weighted by molar-refractivity contribution is -0.137. The van der Waals surface area contributed by atoms with Gasteiger partial charge in [0.05, 0.1) is 18.5 Å². The zero-order chi connectivity index (χ0) is 12.3. The molecule has 0 saturated carbocycles. The molecule has 0 heterocycles. The number of methoxy groups -OCH3 is 1. The van der Waals surface area contributed by atoms with Crippen LogP contribution >= 0.6 is 0 Å². The summed E-state index contributed by atoms with van der Waals surface area (Å²) in [6.45, 7) is 0. The molecule has 0 radical (unpaired) electrons. The van der Waals surface area contributed by atoms with Crippen LogP contribution in [0.2, 0.25) is 0 Å². The van der Waals surface area contributed by atoms with Gasteiger partial charge in [-0.15, -0.1) is 0 Å². The van der Waals surface area contributed by atoms with E-state index < -0.39 is 11.7 Å². The molecule has 6 heteroatoms. The van der Waals surface area contributed by atoms with Gasteiger partial charge in [-0.3, -0.25) is 5.41 Å². The van der Waals surface area contributed by atoms with Gasteiger partial charge < -0.3 is 10.5 Å². The van der Waals surface area contributed by atoms with Crippen LogP contribution in [0.25, 0.3) is 0 Å². The molecule has 16 heavy (non-hydrogen) atoms. The van der Waals surface area contributed by atoms with Crippen molar-refractivity contribution in [2.24, 2.45) is 5.73 Å². The molecule has 0 aliphatic heterocycles. The molecule has 0 bridgehead atoms. The van der Waals surface area contributed by atoms with Crippen LogP contribution in [0, 0.1) is 5.41 Å². The summed E-state index contributed by atoms with van der Waals surface area (Å²) < 4.78 is 42.1. The fraction of sp³-hybridized carbons (Fsp3) is 0.300. The fourth-order valence-corrected chi connectivity index (χ4v) is 1.30. The van der Waals surface area contributed by atoms with Gasteiger partial charge >= 0.3 is 6.18 Å². The molecule has 1 aromatic carbocycles. The molecule has 0 spiro atoms. The third-order valence-electron chi connectivity index (χ3n) is 1.99. The molecule has 0 aliphatic carbocycles. The number of nitrogens with two attached hydrogens (primary N) is 1. The Morgan fingerprint density at radius 2 is 2.06 bits per heavy atom. The molecule has 3 N–H and O–H groups in total. The molecule has 0 saturated heterocycles. The van der Waals surface area contributed by atoms with E-state index >= 15 is 0 Å². The van der Waals surface area contributed by atoms with Gasteiger partial charge in [-0.25, -0.2) is 0 Å². The first kappa shape index (κ1) is 12.4. The van der Waals surface area contributed by atoms with E-state index in [1.165, 1.54) is 13.2 Å². The van der Waals surface area contributed by atoms with Gasteiger partial charge in [0.25, 0.3) is 0 Å². The van der Waals surface area contributed by atoms with Crippen LogP contribution in [-0.2, 0) is 12.6 Å². The van der Waals surface area contributed by atoms with Gasteiger partial charge in [0, 0.05) is 12.0 Å². The summed E-state index contributed by atoms with van der Waals surface area (Å²) in [5, 5.41) is 7.07. The molecular formula is C10H11F3N2O. The van der Waals surface area contributed by atoms with Gasteiger partial charge in [-0.1, -0.05) is 0 Å². The van der Waals surface area contributed by atoms with Gasteiger partial charge in [0.1, 0.15) is 5.75 Å². The molecule has 88 valence electrons. The first-order chi connectivity index (χ1) is 7.34. The Labute approximate surface area is 90.5 Å². The van der Waals surface area contributed by atoms with E-state index in [-0.39, 0.29) is 17.8 Å². The lowest BCUT2D eigenvalue weighted by Crippen LogP contribution is -2.14. The summed E-state index contributed by atoms with van der Waals surface area (Å²) in [4.78, 5) is 0. The highest BCUT2D eigenvalue weighted by Gasteiger charge is 2.31. The number of benzene rings is 1. The molecule has 0 amide bonds. The van der Waals surface area contributed by atoms with Crippen LogP contribution in [0.5, 0.6) is 5.75 Å². The summed E-state index contributed by atoms with van der Waals surface area (Å²) in [6.07, 6.45) is -4.47. The van der Waals surface area contributed by atoms with E-state index in [9.17, 15) is 13.2 Å². The van der Waals surface area contributed by atoms with E-state index in [0.717, 1.165) is 12.1 Å². The van der Waals surface area contributed by atoms with E-state index in [0.29, 0.717) is 5.75 Å². The second kappa shape index (κ2) is 4.42. The first-order valence-electron chi connectivity index (χ1n) is 4.41. The SMILES string of the molecule is COc1ccc(C(F)(F)F)cc1CC(=N)N. The predicted molar refractivity (Wildman–Crippen MR) is 53.6 cm³/mol. The van der Waals surface area contributed by atoms with Crippen molar-refractivity contribution in [1.29, 1.82) is 5.41 Å². The van der Waals surface area contributed by atoms with Gasteiger partial charge in [0.2, 0.25) is 0 Å². The summed E-state index contributed by atoms with van der Waals surface area (Å²) in [6, 6.07) is 3.10. The van der Waals surface area contributed by atoms with Crippen molar-refractivity contribution in [3.8, 4) is 5.75 Å². The number of alkyl halides is 3. The second-order valence-electron chi connectivity index (χ2n) is 3.23. The molecule has 1 aromatic rings. The van der Waals surface area contributed by atoms with Crippen LogP contribution < -0.4 is 10.5 Å². The summed E-state index contributed by atoms with van der Waals surface area (Å²) in [7, 11) is 1.35. The predicted octanol–water partition coefficient (Wildman–Crippen LogP) is 2.19. The number of hydrogen-bond acceptors (Lipinski definition) is 2. The Hall–Kier alpha value is -1.72. The van der Waals surface area contributed by atoms with E-state index in [4.69, 9.17) is 15.9 Å². The monoisotopic (exact) mass is 232 g/mol. The minimum absolute atomic E-state index is 0.0624. The van der Waals surface area contributed by atoms with Gasteiger partial charge in [0.15, 0.2) is 0 Å². The third kappa shape index (κ3) is 2.88. The standard InChI is InChI=1S/C10H11F3N2O/c1-16-8-3-2-7(10(11,12)13)4-6(8)5-9(14)15/h2-4H,5H2,1H3,(H3,14,15). The number of halogens is 3. The van der Waals surface area contributed by atoms with Crippen molar-refractivity contribution >= 4 is 5.84 Å². The molecule has 0 unspecified atom stereocenters. The lowest BCUT2D eigenvalue weighted by atomic mass is 10.1. The maximum atomic E-state index is 12.4. The maximum Gasteiger partial charge on any atom is 0.416 e. The highest BCUT2D eigenvalue weighted by molar-refractivity contribution is 5.80. The van der Waals surface area contributed by atoms with Crippen molar-refractivity contribution in [1.82, 2.24) is 0 Å². The minimum Gasteiger partial charge on any atom is -0.496 e. The Morgan fingerprint density at radius 1 is 1.44 bits per heavy atom. The number of nitrogens with one attached hydrogen (secondary N) is 1. The van der Waals surface area contributed by atoms with Crippen LogP contribution in [0.15, 0.2) is 18.2 Å². The van der Waals surface area contributed by atoms with Gasteiger partial charge in [-0.2, -0.15) is 13.2 Å². The zero-order valence-electron chi connectivity index (χ0n) is 8.56. The zero-order valence-corrected chi connectivity index (χ0v) is 8.56. The molecular weight excluding hydrogens is 221 g/mol. The Morgan fingerprint density at radius 3 is 2.50 bits per heavy atom. The molecule has 3 nitrogen and oxygen atoms in total. The van der Waals surface area contributed by atoms with Crippen LogP contribution in [0.4, 0.5) is 13.2 Å². The van der Waals surface area contributed by atoms with Crippen LogP contribution in [-0.4, -0.2) is 12.9 Å². The van der Waals surface area contributed by atoms with Crippen molar-refractivity contribution in [3.05, 3.63) is 29.3 Å². The normalized spacial score (nSPS) is 11.2. The number of ether oxygens (including phenoxy) is 1. The quantitative estimate of drug-likeness (QED) is 0.620. The maximum absolute atomic E-state index is 12.4. The molecule has 0 fully saturated rings. The number of rotatable bonds is 3. The summed E-state index contributed by atoms with van der Waals surface area (Å²) in [5.74, 6) is 0.0841. The highest BCUT2D eigenvalue weighted by atomic mass is 19.4. The smallest absolute Gasteiger partial charge is 0.416 e. The Kier molecular flexibility index (Phi) is 3.41. The van der Waals surface area contributed by atoms with Gasteiger partial charge in [-0.05, 0) is 18.2 Å². The van der Waals surface area contributed by atoms with Crippen molar-refractivity contribution < 1.29 is 17.9 Å². The number of amidine groups is 1. The molecule has 0 aliphatic rings. The topological polar surface area (TPSA) is 59.1 Å². The van der Waals surface area contributed by atoms with E-state index in [1.807, 2.05) is 0 Å². The third-order valence-corrected chi connectivity index (χ3v) is 1.99. The number of hydrogen-bond donors (Lipinski definition) is 2. The van der Waals surface area contributed by atoms with Crippen molar-refractivity contribution in [2.45, 2.75) is 12.6 Å². The molecule has 0 aromatic heterocycles. The highest BCUT2D eigenvalue weighted by Crippen LogP contribution is 2.32. The lowest BCUT2D eigenvalue weighted by Gasteiger charge is -2.12. The van der Waals surface area contributed by atoms with E-state index in [2.05, 4.69) is 0 Å².